The van der Waals surface area contributed by atoms with Gasteiger partial charge in [0, 0.05) is 5.56 Å². The van der Waals surface area contributed by atoms with Gasteiger partial charge in [-0.25, -0.2) is 9.37 Å². The number of hydrogen-bond acceptors (Lipinski definition) is 1. The molecule has 0 aliphatic carbocycles. The van der Waals surface area contributed by atoms with E-state index in [1.165, 1.54) is 6.92 Å². The lowest BCUT2D eigenvalue weighted by atomic mass is 10.1. The average Bonchev–Trinajstić information content (AvgIpc) is 2.06. The molecule has 0 saturated carbocycles. The molecule has 0 aliphatic heterocycles. The quantitative estimate of drug-likeness (QED) is 0.474. The third kappa shape index (κ3) is 1.69. The molecule has 14 heavy (non-hydrogen) atoms. The number of aromatic nitrogens is 1. The SMILES string of the molecule is Cc1c(F)nc(C(F)(F)F)c(F)c1C. The fourth-order valence-corrected chi connectivity index (χ4v) is 0.916. The van der Waals surface area contributed by atoms with Gasteiger partial charge in [-0.2, -0.15) is 17.6 Å². The Hall–Kier alpha value is -1.20. The summed E-state index contributed by atoms with van der Waals surface area (Å²) < 4.78 is 62.0. The lowest BCUT2D eigenvalue weighted by molar-refractivity contribution is -0.144. The van der Waals surface area contributed by atoms with Crippen LogP contribution >= 0.6 is 0 Å². The molecule has 0 aromatic carbocycles. The van der Waals surface area contributed by atoms with E-state index >= 15 is 0 Å². The van der Waals surface area contributed by atoms with E-state index in [4.69, 9.17) is 0 Å². The highest BCUT2D eigenvalue weighted by atomic mass is 19.4. The Bertz CT molecular complexity index is 369. The van der Waals surface area contributed by atoms with Crippen LogP contribution < -0.4 is 0 Å². The standard InChI is InChI=1S/C8H6F5N/c1-3-4(2)7(10)14-6(5(3)9)8(11,12)13/h1-2H3. The number of halogens is 5. The van der Waals surface area contributed by atoms with Crippen molar-refractivity contribution in [1.29, 1.82) is 0 Å². The molecule has 1 heterocycles. The van der Waals surface area contributed by atoms with Crippen molar-refractivity contribution >= 4 is 0 Å². The lowest BCUT2D eigenvalue weighted by Gasteiger charge is -2.10. The van der Waals surface area contributed by atoms with Crippen molar-refractivity contribution in [2.75, 3.05) is 0 Å². The summed E-state index contributed by atoms with van der Waals surface area (Å²) in [6, 6.07) is 0. The van der Waals surface area contributed by atoms with Crippen LogP contribution in [0.15, 0.2) is 0 Å². The van der Waals surface area contributed by atoms with Crippen LogP contribution in [0.2, 0.25) is 0 Å². The van der Waals surface area contributed by atoms with Crippen LogP contribution in [-0.4, -0.2) is 4.98 Å². The Morgan fingerprint density at radius 3 is 1.93 bits per heavy atom. The van der Waals surface area contributed by atoms with Crippen LogP contribution in [0.1, 0.15) is 16.8 Å². The molecule has 0 unspecified atom stereocenters. The van der Waals surface area contributed by atoms with Gasteiger partial charge >= 0.3 is 6.18 Å². The highest BCUT2D eigenvalue weighted by Gasteiger charge is 2.38. The van der Waals surface area contributed by atoms with Gasteiger partial charge in [0.05, 0.1) is 0 Å². The number of rotatable bonds is 0. The van der Waals surface area contributed by atoms with Crippen molar-refractivity contribution in [3.05, 3.63) is 28.6 Å². The van der Waals surface area contributed by atoms with E-state index in [1.807, 2.05) is 0 Å². The van der Waals surface area contributed by atoms with Gasteiger partial charge in [0.25, 0.3) is 0 Å². The van der Waals surface area contributed by atoms with E-state index in [0.717, 1.165) is 6.92 Å². The van der Waals surface area contributed by atoms with Gasteiger partial charge in [0.2, 0.25) is 5.95 Å². The van der Waals surface area contributed by atoms with Gasteiger partial charge in [0.15, 0.2) is 11.5 Å². The van der Waals surface area contributed by atoms with Crippen molar-refractivity contribution in [1.82, 2.24) is 4.98 Å². The minimum atomic E-state index is -4.97. The molecule has 0 amide bonds. The smallest absolute Gasteiger partial charge is 0.212 e. The second kappa shape index (κ2) is 3.18. The number of hydrogen-bond donors (Lipinski definition) is 0. The first-order chi connectivity index (χ1) is 6.25. The van der Waals surface area contributed by atoms with Gasteiger partial charge in [-0.15, -0.1) is 0 Å². The van der Waals surface area contributed by atoms with Crippen molar-refractivity contribution in [2.45, 2.75) is 20.0 Å². The molecule has 6 heteroatoms. The first-order valence-corrected chi connectivity index (χ1v) is 3.64. The molecule has 0 aliphatic rings. The van der Waals surface area contributed by atoms with E-state index in [2.05, 4.69) is 4.98 Å². The molecular formula is C8H6F5N. The Labute approximate surface area is 76.6 Å². The Balaban J connectivity index is 3.49. The molecule has 1 nitrogen and oxygen atoms in total. The predicted octanol–water partition coefficient (Wildman–Crippen LogP) is 3.00. The van der Waals surface area contributed by atoms with E-state index in [1.54, 1.807) is 0 Å². The summed E-state index contributed by atoms with van der Waals surface area (Å²) in [5, 5.41) is 0. The van der Waals surface area contributed by atoms with E-state index in [0.29, 0.717) is 0 Å². The topological polar surface area (TPSA) is 12.9 Å². The normalized spacial score (nSPS) is 11.9. The molecule has 0 atom stereocenters. The van der Waals surface area contributed by atoms with Crippen molar-refractivity contribution < 1.29 is 22.0 Å². The summed E-state index contributed by atoms with van der Waals surface area (Å²) in [6.45, 7) is 2.24. The third-order valence-electron chi connectivity index (χ3n) is 1.89. The van der Waals surface area contributed by atoms with Gasteiger partial charge in [-0.05, 0) is 19.4 Å². The minimum absolute atomic E-state index is 0.212. The third-order valence-corrected chi connectivity index (χ3v) is 1.89. The van der Waals surface area contributed by atoms with Gasteiger partial charge in [-0.3, -0.25) is 0 Å². The van der Waals surface area contributed by atoms with Crippen LogP contribution in [0.4, 0.5) is 22.0 Å². The zero-order chi connectivity index (χ0) is 11.1. The largest absolute Gasteiger partial charge is 0.436 e. The minimum Gasteiger partial charge on any atom is -0.212 e. The molecule has 1 aromatic rings. The van der Waals surface area contributed by atoms with Crippen molar-refractivity contribution in [3.8, 4) is 0 Å². The highest BCUT2D eigenvalue weighted by Crippen LogP contribution is 2.32. The molecule has 0 spiro atoms. The molecule has 1 aromatic heterocycles. The van der Waals surface area contributed by atoms with Crippen molar-refractivity contribution in [3.63, 3.8) is 0 Å². The van der Waals surface area contributed by atoms with Crippen molar-refractivity contribution in [2.24, 2.45) is 0 Å². The summed E-state index contributed by atoms with van der Waals surface area (Å²) in [5.41, 5.74) is -2.39. The van der Waals surface area contributed by atoms with Gasteiger partial charge in [-0.1, -0.05) is 0 Å². The molecule has 0 radical (unpaired) electrons. The van der Waals surface area contributed by atoms with Gasteiger partial charge < -0.3 is 0 Å². The first kappa shape index (κ1) is 10.9. The van der Waals surface area contributed by atoms with Crippen LogP contribution in [-0.2, 0) is 6.18 Å². The summed E-state index contributed by atoms with van der Waals surface area (Å²) in [6.07, 6.45) is -4.97. The number of pyridine rings is 1. The molecule has 0 fully saturated rings. The molecule has 0 N–H and O–H groups in total. The number of nitrogens with zero attached hydrogens (tertiary/aromatic N) is 1. The zero-order valence-corrected chi connectivity index (χ0v) is 7.34. The molecule has 1 rings (SSSR count). The number of alkyl halides is 3. The fourth-order valence-electron chi connectivity index (χ4n) is 0.916. The molecular weight excluding hydrogens is 205 g/mol. The maximum Gasteiger partial charge on any atom is 0.436 e. The molecule has 78 valence electrons. The second-order valence-corrected chi connectivity index (χ2v) is 2.81. The van der Waals surface area contributed by atoms with Crippen LogP contribution in [0.3, 0.4) is 0 Å². The summed E-state index contributed by atoms with van der Waals surface area (Å²) in [5.74, 6) is -2.81. The Morgan fingerprint density at radius 2 is 1.50 bits per heavy atom. The van der Waals surface area contributed by atoms with Crippen LogP contribution in [0.5, 0.6) is 0 Å². The summed E-state index contributed by atoms with van der Waals surface area (Å²) in [7, 11) is 0. The summed E-state index contributed by atoms with van der Waals surface area (Å²) >= 11 is 0. The maximum atomic E-state index is 13.0. The van der Waals surface area contributed by atoms with E-state index < -0.39 is 23.6 Å². The second-order valence-electron chi connectivity index (χ2n) is 2.81. The molecule has 0 saturated heterocycles. The Kier molecular flexibility index (Phi) is 2.47. The van der Waals surface area contributed by atoms with Crippen LogP contribution in [0.25, 0.3) is 0 Å². The fraction of sp³-hybridized carbons (Fsp3) is 0.375. The maximum absolute atomic E-state index is 13.0. The monoisotopic (exact) mass is 211 g/mol. The van der Waals surface area contributed by atoms with E-state index in [-0.39, 0.29) is 11.1 Å². The zero-order valence-electron chi connectivity index (χ0n) is 7.34. The first-order valence-electron chi connectivity index (χ1n) is 3.64. The van der Waals surface area contributed by atoms with Crippen LogP contribution in [0, 0.1) is 25.6 Å². The predicted molar refractivity (Wildman–Crippen MR) is 38.6 cm³/mol. The van der Waals surface area contributed by atoms with Gasteiger partial charge in [0.1, 0.15) is 0 Å². The van der Waals surface area contributed by atoms with E-state index in [9.17, 15) is 22.0 Å². The highest BCUT2D eigenvalue weighted by molar-refractivity contribution is 5.28. The molecule has 0 bridgehead atoms. The Morgan fingerprint density at radius 1 is 1.00 bits per heavy atom. The lowest BCUT2D eigenvalue weighted by Crippen LogP contribution is -2.14. The summed E-state index contributed by atoms with van der Waals surface area (Å²) in [4.78, 5) is 2.54. The average molecular weight is 211 g/mol.